The van der Waals surface area contributed by atoms with Crippen molar-refractivity contribution in [1.82, 2.24) is 0 Å². The largest absolute Gasteiger partial charge is 0.346 e. The molecule has 654 valence electrons. The van der Waals surface area contributed by atoms with Gasteiger partial charge in [-0.25, -0.2) is 0 Å². The maximum absolute atomic E-state index is 5.90. The Balaban J connectivity index is 0.000000152. The van der Waals surface area contributed by atoms with Crippen LogP contribution in [0.15, 0.2) is 420 Å². The van der Waals surface area contributed by atoms with E-state index in [1.165, 1.54) is 61.9 Å². The van der Waals surface area contributed by atoms with Crippen molar-refractivity contribution in [2.75, 3.05) is 59.2 Å². The number of halogens is 2. The summed E-state index contributed by atoms with van der Waals surface area (Å²) >= 11 is 13.4. The maximum Gasteiger partial charge on any atom is 0.184 e. The van der Waals surface area contributed by atoms with Crippen molar-refractivity contribution in [1.29, 1.82) is 0 Å². The van der Waals surface area contributed by atoms with Gasteiger partial charge in [0.1, 0.15) is 0 Å². The Hall–Kier alpha value is -11.7. The Bertz CT molecular complexity index is 6440. The molecule has 3 aliphatic rings. The number of para-hydroxylation sites is 8. The molecule has 0 bridgehead atoms. The summed E-state index contributed by atoms with van der Waals surface area (Å²) < 4.78 is 43.4. The van der Waals surface area contributed by atoms with E-state index in [0.29, 0.717) is 39.6 Å². The summed E-state index contributed by atoms with van der Waals surface area (Å²) in [5.41, 5.74) is 28.5. The van der Waals surface area contributed by atoms with E-state index in [2.05, 4.69) is 479 Å². The summed E-state index contributed by atoms with van der Waals surface area (Å²) in [4.78, 5) is 18.9. The van der Waals surface area contributed by atoms with Crippen molar-refractivity contribution >= 4 is 186 Å². The minimum atomic E-state index is -1.88. The predicted octanol–water partition coefficient (Wildman–Crippen LogP) is 34.3. The van der Waals surface area contributed by atoms with Gasteiger partial charge in [-0.15, -0.1) is 45.3 Å². The molecule has 3 aliphatic heterocycles. The molecule has 0 amide bonds. The van der Waals surface area contributed by atoms with Gasteiger partial charge in [0.2, 0.25) is 0 Å². The van der Waals surface area contributed by atoms with Crippen molar-refractivity contribution < 1.29 is 28.4 Å². The van der Waals surface area contributed by atoms with E-state index >= 15 is 0 Å². The molecule has 7 heterocycles. The Morgan fingerprint density at radius 1 is 0.220 bits per heavy atom. The average Bonchev–Trinajstić information content (AvgIpc) is 1.57. The SMILES string of the molecule is Brc1sc2c(-c3ccc(N(c4ccccc4)c4ccccc4)cc3)c(Br)sc2c1-c1ccc(N(c2ccccc2)c2ccccc2)cc1.C.[CH3][Sn]([CH3])([CH3])[c]1ccc(C2OCCO2)cc1.c1ccc(N(c2ccccc2)c2ccc(-c3c(-c4ccc(C5OCCO5)cc4)sc4c(-c5ccc(N(c6ccccc6)c6ccccc6)cc5)c(-c5ccc(C6OCCO6)cc5)sc34)cc2)cc1. The second-order valence-electron chi connectivity index (χ2n) is 33.0. The molecule has 0 unspecified atom stereocenters. The van der Waals surface area contributed by atoms with Crippen molar-refractivity contribution in [3.8, 4) is 65.4 Å². The molecule has 0 spiro atoms. The standard InChI is InChI=1S/C60H46N2O4S2.C42H28Br2N2S2.C9H9O2.CH4.3CH3.Sn/c1-5-13-47(14-6-1)61(48-15-7-2-8-16-48)51-33-29-41(30-34-51)53-55(43-21-25-45(26-22-43)59-63-37-38-64-59)67-58-54(56(68-57(53)58)44-23-27-46(28-24-44)60-65-39-40-66-60)42-31-35-52(36-32-42)62(49-17-9-3-10-18-49)50-19-11-4-12-20-50;43-41-37(29-21-25-35(26-22-29)45(31-13-5-1-6-14-31)32-15-7-2-8-16-32)39-40(48-41)38(42(44)47-39)30-23-27-36(28-24-30)46(33-17-9-3-10-18-33)34-19-11-4-12-20-34;1-2-4-8(5-3-1)9-10-6-7-11-9;;;;;/h1-36,59-60H,37-40H2;1-28H;2-5,9H,6-7H2;1H4;3*1H3;. The monoisotopic (exact) mass is 2030 g/mol. The smallest absolute Gasteiger partial charge is 0.184 e. The Labute approximate surface area is 809 Å². The summed E-state index contributed by atoms with van der Waals surface area (Å²) in [6.45, 7) is 3.84. The van der Waals surface area contributed by atoms with Gasteiger partial charge in [-0.3, -0.25) is 0 Å². The van der Waals surface area contributed by atoms with Crippen molar-refractivity contribution in [2.45, 2.75) is 41.1 Å². The number of fused-ring (bicyclic) bond motifs is 2. The number of hydrogen-bond donors (Lipinski definition) is 0. The molecular weight excluding hydrogens is 1940 g/mol. The van der Waals surface area contributed by atoms with Gasteiger partial charge in [-0.1, -0.05) is 250 Å². The molecule has 3 fully saturated rings. The van der Waals surface area contributed by atoms with Crippen LogP contribution in [0.3, 0.4) is 0 Å². The first-order valence-corrected chi connectivity index (χ1v) is 58.8. The first-order chi connectivity index (χ1) is 64.5. The van der Waals surface area contributed by atoms with Gasteiger partial charge in [0.05, 0.1) is 52.8 Å². The third-order valence-corrected chi connectivity index (χ3v) is 36.0. The molecule has 4 aromatic heterocycles. The summed E-state index contributed by atoms with van der Waals surface area (Å²) in [6.07, 6.45) is -0.806. The Morgan fingerprint density at radius 3 is 0.614 bits per heavy atom. The quantitative estimate of drug-likeness (QED) is 0.0613. The zero-order chi connectivity index (χ0) is 88.6. The molecule has 19 aromatic rings. The number of nitrogens with zero attached hydrogens (tertiary/aromatic N) is 4. The number of anilines is 12. The number of hydrogen-bond acceptors (Lipinski definition) is 14. The first kappa shape index (κ1) is 89.6. The van der Waals surface area contributed by atoms with Gasteiger partial charge in [-0.2, -0.15) is 0 Å². The van der Waals surface area contributed by atoms with E-state index in [-0.39, 0.29) is 26.3 Å². The van der Waals surface area contributed by atoms with E-state index in [0.717, 1.165) is 115 Å². The summed E-state index contributed by atoms with van der Waals surface area (Å²) in [7, 11) is 0. The second kappa shape index (κ2) is 41.2. The van der Waals surface area contributed by atoms with Gasteiger partial charge in [0.15, 0.2) is 12.6 Å². The van der Waals surface area contributed by atoms with E-state index in [4.69, 9.17) is 28.4 Å². The minimum Gasteiger partial charge on any atom is -0.346 e. The van der Waals surface area contributed by atoms with Crippen LogP contribution in [0.25, 0.3) is 84.2 Å². The van der Waals surface area contributed by atoms with Crippen LogP contribution in [0, 0.1) is 0 Å². The van der Waals surface area contributed by atoms with E-state index in [1.54, 1.807) is 26.3 Å². The van der Waals surface area contributed by atoms with Gasteiger partial charge in [0, 0.05) is 111 Å². The third-order valence-electron chi connectivity index (χ3n) is 23.5. The molecule has 132 heavy (non-hydrogen) atoms. The van der Waals surface area contributed by atoms with Crippen LogP contribution >= 0.6 is 77.2 Å². The summed E-state index contributed by atoms with van der Waals surface area (Å²) in [5.74, 6) is 0. The zero-order valence-electron chi connectivity index (χ0n) is 72.4. The van der Waals surface area contributed by atoms with E-state index in [9.17, 15) is 0 Å². The molecule has 10 nitrogen and oxygen atoms in total. The fourth-order valence-electron chi connectivity index (χ4n) is 17.1. The van der Waals surface area contributed by atoms with Crippen LogP contribution in [0.5, 0.6) is 0 Å². The van der Waals surface area contributed by atoms with Crippen LogP contribution in [0.2, 0.25) is 14.8 Å². The molecule has 0 atom stereocenters. The molecule has 0 aliphatic carbocycles. The van der Waals surface area contributed by atoms with Gasteiger partial charge < -0.3 is 38.5 Å². The van der Waals surface area contributed by atoms with Crippen LogP contribution in [0.1, 0.15) is 43.0 Å². The number of rotatable bonds is 22. The fourth-order valence-corrected chi connectivity index (χ4v) is 27.9. The Morgan fingerprint density at radius 2 is 0.402 bits per heavy atom. The molecular formula is C115H96Br2N4O6S4Sn. The number of benzene rings is 15. The normalized spacial score (nSPS) is 13.4. The third kappa shape index (κ3) is 19.5. The molecule has 17 heteroatoms. The Kier molecular flexibility index (Phi) is 28.0. The summed E-state index contributed by atoms with van der Waals surface area (Å²) in [6, 6.07) is 147. The van der Waals surface area contributed by atoms with Crippen LogP contribution in [0.4, 0.5) is 68.2 Å². The van der Waals surface area contributed by atoms with Crippen molar-refractivity contribution in [3.05, 3.63) is 437 Å². The zero-order valence-corrected chi connectivity index (χ0v) is 81.7. The van der Waals surface area contributed by atoms with Gasteiger partial charge in [0.25, 0.3) is 0 Å². The van der Waals surface area contributed by atoms with Crippen molar-refractivity contribution in [3.63, 3.8) is 0 Å². The fraction of sp³-hybridized carbons (Fsp3) is 0.113. The minimum absolute atomic E-state index is 0. The molecule has 0 saturated carbocycles. The molecule has 3 saturated heterocycles. The predicted molar refractivity (Wildman–Crippen MR) is 566 cm³/mol. The maximum atomic E-state index is 5.90. The summed E-state index contributed by atoms with van der Waals surface area (Å²) in [5, 5.41) is 0. The topological polar surface area (TPSA) is 68.3 Å². The van der Waals surface area contributed by atoms with Crippen molar-refractivity contribution in [2.24, 2.45) is 0 Å². The molecule has 0 N–H and O–H groups in total. The molecule has 15 aromatic carbocycles. The van der Waals surface area contributed by atoms with E-state index < -0.39 is 18.4 Å². The van der Waals surface area contributed by atoms with Crippen LogP contribution in [-0.4, -0.2) is 58.0 Å². The van der Waals surface area contributed by atoms with Crippen LogP contribution < -0.4 is 23.2 Å². The van der Waals surface area contributed by atoms with Gasteiger partial charge in [-0.05, 0) is 211 Å². The number of thiophene rings is 4. The molecule has 22 rings (SSSR count). The van der Waals surface area contributed by atoms with Crippen LogP contribution in [-0.2, 0) is 28.4 Å². The van der Waals surface area contributed by atoms with E-state index in [1.807, 2.05) is 22.7 Å². The average molecular weight is 2040 g/mol. The number of ether oxygens (including phenoxy) is 6. The second-order valence-corrected chi connectivity index (χ2v) is 54.2. The first-order valence-electron chi connectivity index (χ1n) is 44.0. The molecule has 0 radical (unpaired) electrons. The van der Waals surface area contributed by atoms with Gasteiger partial charge >= 0.3 is 95.6 Å².